The first-order valence-electron chi connectivity index (χ1n) is 15.5. The Bertz CT molecular complexity index is 2310. The van der Waals surface area contributed by atoms with Gasteiger partial charge in [0, 0.05) is 11.1 Å². The zero-order valence-electron chi connectivity index (χ0n) is 27.5. The Balaban J connectivity index is 1.34. The third-order valence-corrected chi connectivity index (χ3v) is 8.48. The molecule has 0 radical (unpaired) electrons. The molecular formula is C34H26O22. The lowest BCUT2D eigenvalue weighted by molar-refractivity contribution is -0.284. The van der Waals surface area contributed by atoms with Crippen molar-refractivity contribution in [1.29, 1.82) is 0 Å². The summed E-state index contributed by atoms with van der Waals surface area (Å²) >= 11 is 0. The van der Waals surface area contributed by atoms with Crippen molar-refractivity contribution in [3.05, 3.63) is 58.7 Å². The molecule has 5 atom stereocenters. The van der Waals surface area contributed by atoms with Gasteiger partial charge in [-0.25, -0.2) is 19.2 Å². The molecule has 1 saturated heterocycles. The van der Waals surface area contributed by atoms with E-state index in [9.17, 15) is 85.6 Å². The molecule has 4 aromatic carbocycles. The maximum absolute atomic E-state index is 13.6. The van der Waals surface area contributed by atoms with E-state index in [0.29, 0.717) is 36.4 Å². The van der Waals surface area contributed by atoms with E-state index in [0.717, 1.165) is 0 Å². The van der Waals surface area contributed by atoms with Gasteiger partial charge in [0.2, 0.25) is 23.5 Å². The number of hydrogen-bond donors (Lipinski definition) is 13. The molecule has 22 heteroatoms. The van der Waals surface area contributed by atoms with E-state index in [1.165, 1.54) is 0 Å². The third-order valence-electron chi connectivity index (χ3n) is 8.48. The van der Waals surface area contributed by atoms with Gasteiger partial charge < -0.3 is 90.1 Å². The van der Waals surface area contributed by atoms with E-state index >= 15 is 0 Å². The lowest BCUT2D eigenvalue weighted by Crippen LogP contribution is -2.61. The number of benzene rings is 4. The number of ether oxygens (including phenoxy) is 5. The highest BCUT2D eigenvalue weighted by Crippen LogP contribution is 2.53. The summed E-state index contributed by atoms with van der Waals surface area (Å²) in [6, 6.07) is 3.60. The van der Waals surface area contributed by atoms with Crippen LogP contribution in [-0.4, -0.2) is 128 Å². The smallest absolute Gasteiger partial charge is 0.343 e. The van der Waals surface area contributed by atoms with Crippen molar-refractivity contribution < 1.29 is 109 Å². The molecular weight excluding hydrogens is 760 g/mol. The second kappa shape index (κ2) is 14.0. The fourth-order valence-electron chi connectivity index (χ4n) is 5.66. The minimum atomic E-state index is -2.34. The van der Waals surface area contributed by atoms with Crippen LogP contribution in [-0.2, 0) is 18.9 Å². The number of aliphatic hydroxyl groups is 2. The highest BCUT2D eigenvalue weighted by Gasteiger charge is 2.50. The number of cyclic esters (lactones) is 1. The Labute approximate surface area is 309 Å². The SMILES string of the molecule is O=C(Oc1cc(C(=O)OC2OC3COC(=O)c4cc(O)c(O)c(O)c4-c4c(cc(O)c(O)c4O)C(=O)OC(C3O)C2O)cc(O)c1O)c1cc(O)c(O)c(O)c1. The molecule has 0 amide bonds. The molecule has 0 saturated carbocycles. The second-order valence-electron chi connectivity index (χ2n) is 12.0. The number of aromatic hydroxyl groups is 11. The van der Waals surface area contributed by atoms with Gasteiger partial charge in [0.05, 0.1) is 22.3 Å². The summed E-state index contributed by atoms with van der Waals surface area (Å²) in [5.74, 6) is -19.5. The molecule has 294 valence electrons. The highest BCUT2D eigenvalue weighted by atomic mass is 16.7. The normalized spacial score (nSPS) is 20.6. The lowest BCUT2D eigenvalue weighted by Gasteiger charge is -2.41. The zero-order chi connectivity index (χ0) is 41.1. The Morgan fingerprint density at radius 2 is 1.05 bits per heavy atom. The number of esters is 4. The average Bonchev–Trinajstić information content (AvgIpc) is 3.15. The van der Waals surface area contributed by atoms with E-state index < -0.39 is 164 Å². The van der Waals surface area contributed by atoms with Crippen LogP contribution in [0.15, 0.2) is 36.4 Å². The Morgan fingerprint density at radius 3 is 1.61 bits per heavy atom. The average molecular weight is 787 g/mol. The number of phenolic OH excluding ortho intramolecular Hbond substituents is 11. The van der Waals surface area contributed by atoms with Crippen LogP contribution in [0.4, 0.5) is 0 Å². The van der Waals surface area contributed by atoms with Crippen molar-refractivity contribution in [3.63, 3.8) is 0 Å². The van der Waals surface area contributed by atoms with E-state index in [2.05, 4.69) is 0 Å². The molecule has 1 fully saturated rings. The predicted molar refractivity (Wildman–Crippen MR) is 174 cm³/mol. The molecule has 2 heterocycles. The topological polar surface area (TPSA) is 377 Å². The summed E-state index contributed by atoms with van der Waals surface area (Å²) < 4.78 is 26.0. The number of phenols is 11. The molecule has 4 aromatic rings. The van der Waals surface area contributed by atoms with Gasteiger partial charge in [0.25, 0.3) is 0 Å². The fourth-order valence-corrected chi connectivity index (χ4v) is 5.66. The number of carbonyl (C=O) groups is 4. The van der Waals surface area contributed by atoms with E-state index in [4.69, 9.17) is 23.7 Å². The van der Waals surface area contributed by atoms with Crippen molar-refractivity contribution in [2.24, 2.45) is 0 Å². The van der Waals surface area contributed by atoms with Crippen LogP contribution in [0, 0.1) is 0 Å². The van der Waals surface area contributed by atoms with E-state index in [1.54, 1.807) is 0 Å². The summed E-state index contributed by atoms with van der Waals surface area (Å²) in [6.45, 7) is -1.03. The molecule has 22 nitrogen and oxygen atoms in total. The summed E-state index contributed by atoms with van der Waals surface area (Å²) in [6.07, 6.45) is -10.7. The molecule has 2 bridgehead atoms. The van der Waals surface area contributed by atoms with Gasteiger partial charge in [-0.1, -0.05) is 0 Å². The van der Waals surface area contributed by atoms with E-state index in [1.807, 2.05) is 0 Å². The summed E-state index contributed by atoms with van der Waals surface area (Å²) in [5.41, 5.74) is -5.06. The van der Waals surface area contributed by atoms with Crippen LogP contribution >= 0.6 is 0 Å². The molecule has 2 aliphatic heterocycles. The van der Waals surface area contributed by atoms with Crippen LogP contribution in [0.3, 0.4) is 0 Å². The minimum absolute atomic E-state index is 0.471. The van der Waals surface area contributed by atoms with Crippen molar-refractivity contribution in [1.82, 2.24) is 0 Å². The minimum Gasteiger partial charge on any atom is -0.504 e. The lowest BCUT2D eigenvalue weighted by atomic mass is 9.91. The first-order valence-corrected chi connectivity index (χ1v) is 15.5. The van der Waals surface area contributed by atoms with Crippen molar-refractivity contribution in [2.45, 2.75) is 30.7 Å². The molecule has 0 aromatic heterocycles. The quantitative estimate of drug-likeness (QED) is 0.0573. The number of aliphatic hydroxyl groups excluding tert-OH is 2. The van der Waals surface area contributed by atoms with Gasteiger partial charge in [-0.3, -0.25) is 0 Å². The zero-order valence-corrected chi connectivity index (χ0v) is 27.5. The van der Waals surface area contributed by atoms with Gasteiger partial charge in [0.1, 0.15) is 18.8 Å². The Kier molecular flexibility index (Phi) is 9.55. The van der Waals surface area contributed by atoms with Gasteiger partial charge >= 0.3 is 23.9 Å². The van der Waals surface area contributed by atoms with Crippen LogP contribution in [0.25, 0.3) is 11.1 Å². The Morgan fingerprint density at radius 1 is 0.571 bits per heavy atom. The molecule has 5 unspecified atom stereocenters. The van der Waals surface area contributed by atoms with Crippen LogP contribution in [0.2, 0.25) is 0 Å². The number of hydrogen-bond acceptors (Lipinski definition) is 22. The van der Waals surface area contributed by atoms with Gasteiger partial charge in [0.15, 0.2) is 64.0 Å². The van der Waals surface area contributed by atoms with Gasteiger partial charge in [-0.15, -0.1) is 0 Å². The second-order valence-corrected chi connectivity index (χ2v) is 12.0. The standard InChI is InChI=1S/C34H26O22/c35-12-1-8(2-13(36)21(12)40)30(48)53-17-4-9(3-14(37)22(17)41)31(49)56-34-28(47)29-25(44)18(54-34)7-52-32(50)10-5-15(38)23(42)26(45)19(10)20-11(33(51)55-29)6-16(39)24(43)27(20)46/h1-6,18,25,28-29,34-47H,7H2. The van der Waals surface area contributed by atoms with Gasteiger partial charge in [-0.2, -0.15) is 0 Å². The van der Waals surface area contributed by atoms with Crippen LogP contribution in [0.5, 0.6) is 69.0 Å². The van der Waals surface area contributed by atoms with Crippen LogP contribution < -0.4 is 4.74 Å². The molecule has 0 aliphatic carbocycles. The van der Waals surface area contributed by atoms with Crippen molar-refractivity contribution in [3.8, 4) is 80.1 Å². The molecule has 0 spiro atoms. The molecule has 6 rings (SSSR count). The molecule has 56 heavy (non-hydrogen) atoms. The molecule has 2 aliphatic rings. The van der Waals surface area contributed by atoms with Crippen molar-refractivity contribution >= 4 is 23.9 Å². The number of fused-ring (bicyclic) bond motifs is 5. The maximum Gasteiger partial charge on any atom is 0.343 e. The first-order chi connectivity index (χ1) is 26.3. The summed E-state index contributed by atoms with van der Waals surface area (Å²) in [7, 11) is 0. The van der Waals surface area contributed by atoms with E-state index in [-0.39, 0.29) is 0 Å². The van der Waals surface area contributed by atoms with Gasteiger partial charge in [-0.05, 0) is 36.4 Å². The van der Waals surface area contributed by atoms with Crippen LogP contribution in [0.1, 0.15) is 41.4 Å². The number of carbonyl (C=O) groups excluding carboxylic acids is 4. The number of rotatable bonds is 4. The van der Waals surface area contributed by atoms with Crippen molar-refractivity contribution in [2.75, 3.05) is 6.61 Å². The monoisotopic (exact) mass is 786 g/mol. The maximum atomic E-state index is 13.6. The fraction of sp³-hybridized carbons (Fsp3) is 0.176. The largest absolute Gasteiger partial charge is 0.504 e. The highest BCUT2D eigenvalue weighted by molar-refractivity contribution is 6.08. The predicted octanol–water partition coefficient (Wildman–Crippen LogP) is 0.334. The third kappa shape index (κ3) is 6.50. The first kappa shape index (κ1) is 38.2. The Hall–Kier alpha value is -7.56. The molecule has 13 N–H and O–H groups in total. The summed E-state index contributed by atoms with van der Waals surface area (Å²) in [5, 5.41) is 134. The summed E-state index contributed by atoms with van der Waals surface area (Å²) in [4.78, 5) is 53.0.